The molecule has 11 heteroatoms. The zero-order chi connectivity index (χ0) is 21.7. The van der Waals surface area contributed by atoms with E-state index < -0.39 is 11.0 Å². The minimum absolute atomic E-state index is 0.0242. The molecule has 0 radical (unpaired) electrons. The first-order chi connectivity index (χ1) is 15.0. The number of aromatic nitrogens is 2. The Bertz CT molecular complexity index is 1450. The number of thiophene rings is 1. The first-order valence-corrected chi connectivity index (χ1v) is 10.2. The molecule has 0 spiro atoms. The van der Waals surface area contributed by atoms with Crippen LogP contribution in [0, 0.1) is 21.4 Å². The van der Waals surface area contributed by atoms with Crippen molar-refractivity contribution in [2.45, 2.75) is 6.04 Å². The zero-order valence-corrected chi connectivity index (χ0v) is 17.2. The van der Waals surface area contributed by atoms with Crippen LogP contribution < -0.4 is 11.1 Å². The first-order valence-electron chi connectivity index (χ1n) is 9.01. The van der Waals surface area contributed by atoms with Crippen LogP contribution >= 0.6 is 22.9 Å². The van der Waals surface area contributed by atoms with Crippen LogP contribution in [-0.2, 0) is 0 Å². The van der Waals surface area contributed by atoms with Gasteiger partial charge < -0.3 is 11.1 Å². The Morgan fingerprint density at radius 3 is 2.90 bits per heavy atom. The molecule has 152 valence electrons. The quantitative estimate of drug-likeness (QED) is 0.341. The summed E-state index contributed by atoms with van der Waals surface area (Å²) in [6.45, 7) is 0. The van der Waals surface area contributed by atoms with E-state index in [-0.39, 0.29) is 17.1 Å². The van der Waals surface area contributed by atoms with Gasteiger partial charge in [0.15, 0.2) is 0 Å². The normalized spacial score (nSPS) is 15.1. The summed E-state index contributed by atoms with van der Waals surface area (Å²) in [5, 5.41) is 29.4. The second-order valence-corrected chi connectivity index (χ2v) is 8.30. The second-order valence-electron chi connectivity index (χ2n) is 6.78. The highest BCUT2D eigenvalue weighted by molar-refractivity contribution is 7.20. The van der Waals surface area contributed by atoms with E-state index in [9.17, 15) is 15.4 Å². The SMILES string of the molecule is N#Cc1cnn(C2=NC(c3cccc([N+](=O)[O-])c3)c3sc4ccc(Cl)cc4c3N2)c1N. The molecule has 0 fully saturated rings. The number of nitriles is 1. The minimum atomic E-state index is -0.531. The van der Waals surface area contributed by atoms with Gasteiger partial charge in [0, 0.05) is 27.2 Å². The smallest absolute Gasteiger partial charge is 0.269 e. The number of anilines is 2. The molecule has 5 rings (SSSR count). The van der Waals surface area contributed by atoms with Crippen LogP contribution in [0.3, 0.4) is 0 Å². The van der Waals surface area contributed by atoms with Crippen molar-refractivity contribution in [2.24, 2.45) is 4.99 Å². The van der Waals surface area contributed by atoms with Crippen molar-refractivity contribution in [2.75, 3.05) is 11.1 Å². The number of nitrogens with zero attached hydrogens (tertiary/aromatic N) is 5. The van der Waals surface area contributed by atoms with E-state index >= 15 is 0 Å². The van der Waals surface area contributed by atoms with E-state index in [4.69, 9.17) is 22.3 Å². The first kappa shape index (κ1) is 19.0. The number of nitrogens with two attached hydrogens (primary N) is 1. The Labute approximate surface area is 184 Å². The lowest BCUT2D eigenvalue weighted by Crippen LogP contribution is -2.28. The van der Waals surface area contributed by atoms with Gasteiger partial charge in [0.05, 0.1) is 21.7 Å². The van der Waals surface area contributed by atoms with E-state index in [0.29, 0.717) is 16.5 Å². The average molecular weight is 450 g/mol. The molecular weight excluding hydrogens is 438 g/mol. The van der Waals surface area contributed by atoms with Gasteiger partial charge in [0.1, 0.15) is 23.5 Å². The Morgan fingerprint density at radius 2 is 2.16 bits per heavy atom. The highest BCUT2D eigenvalue weighted by Crippen LogP contribution is 2.46. The Balaban J connectivity index is 1.74. The molecule has 1 unspecified atom stereocenters. The number of rotatable bonds is 2. The fourth-order valence-corrected chi connectivity index (χ4v) is 4.87. The van der Waals surface area contributed by atoms with Gasteiger partial charge in [-0.25, -0.2) is 4.99 Å². The topological polar surface area (TPSA) is 135 Å². The summed E-state index contributed by atoms with van der Waals surface area (Å²) in [4.78, 5) is 16.5. The van der Waals surface area contributed by atoms with Gasteiger partial charge in [-0.2, -0.15) is 15.0 Å². The number of fused-ring (bicyclic) bond motifs is 3. The van der Waals surface area contributed by atoms with Gasteiger partial charge in [0.25, 0.3) is 5.69 Å². The molecule has 3 N–H and O–H groups in total. The van der Waals surface area contributed by atoms with Crippen molar-refractivity contribution >= 4 is 56.2 Å². The molecule has 31 heavy (non-hydrogen) atoms. The maximum Gasteiger partial charge on any atom is 0.269 e. The molecule has 0 saturated heterocycles. The largest absolute Gasteiger partial charge is 0.382 e. The molecule has 0 amide bonds. The molecule has 0 aliphatic carbocycles. The molecule has 0 saturated carbocycles. The van der Waals surface area contributed by atoms with Crippen LogP contribution in [0.5, 0.6) is 0 Å². The van der Waals surface area contributed by atoms with Crippen LogP contribution in [0.25, 0.3) is 10.1 Å². The Morgan fingerprint density at radius 1 is 1.32 bits per heavy atom. The molecule has 4 aromatic rings. The van der Waals surface area contributed by atoms with Crippen molar-refractivity contribution < 1.29 is 4.92 Å². The molecule has 2 aromatic carbocycles. The second kappa shape index (κ2) is 7.09. The van der Waals surface area contributed by atoms with Crippen LogP contribution in [0.4, 0.5) is 17.2 Å². The number of halogens is 1. The maximum atomic E-state index is 11.3. The zero-order valence-electron chi connectivity index (χ0n) is 15.6. The molecule has 1 atom stereocenters. The van der Waals surface area contributed by atoms with Gasteiger partial charge in [-0.3, -0.25) is 10.1 Å². The van der Waals surface area contributed by atoms with Crippen LogP contribution in [0.15, 0.2) is 53.7 Å². The Hall–Kier alpha value is -3.94. The minimum Gasteiger partial charge on any atom is -0.382 e. The monoisotopic (exact) mass is 449 g/mol. The summed E-state index contributed by atoms with van der Waals surface area (Å²) >= 11 is 7.75. The highest BCUT2D eigenvalue weighted by Gasteiger charge is 2.30. The van der Waals surface area contributed by atoms with Gasteiger partial charge >= 0.3 is 0 Å². The van der Waals surface area contributed by atoms with E-state index in [2.05, 4.69) is 10.4 Å². The van der Waals surface area contributed by atoms with Gasteiger partial charge in [-0.05, 0) is 23.8 Å². The fraction of sp³-hybridized carbons (Fsp3) is 0.0500. The van der Waals surface area contributed by atoms with Crippen LogP contribution in [0.2, 0.25) is 5.02 Å². The predicted molar refractivity (Wildman–Crippen MR) is 120 cm³/mol. The number of nitro benzene ring substituents is 1. The molecule has 9 nitrogen and oxygen atoms in total. The van der Waals surface area contributed by atoms with E-state index in [0.717, 1.165) is 20.7 Å². The number of hydrogen-bond acceptors (Lipinski definition) is 8. The van der Waals surface area contributed by atoms with Crippen molar-refractivity contribution in [3.63, 3.8) is 0 Å². The molecule has 1 aliphatic heterocycles. The summed E-state index contributed by atoms with van der Waals surface area (Å²) in [5.74, 6) is 0.454. The number of non-ortho nitro benzene ring substituents is 1. The molecule has 0 bridgehead atoms. The summed E-state index contributed by atoms with van der Waals surface area (Å²) in [5.41, 5.74) is 7.70. The predicted octanol–water partition coefficient (Wildman–Crippen LogP) is 4.53. The van der Waals surface area contributed by atoms with Crippen LogP contribution in [-0.4, -0.2) is 20.7 Å². The third kappa shape index (κ3) is 3.07. The molecule has 2 aromatic heterocycles. The van der Waals surface area contributed by atoms with Crippen molar-refractivity contribution in [1.82, 2.24) is 9.78 Å². The molecule has 3 heterocycles. The van der Waals surface area contributed by atoms with E-state index in [1.807, 2.05) is 18.2 Å². The maximum absolute atomic E-state index is 11.3. The Kier molecular flexibility index (Phi) is 4.35. The fourth-order valence-electron chi connectivity index (χ4n) is 3.49. The highest BCUT2D eigenvalue weighted by atomic mass is 35.5. The summed E-state index contributed by atoms with van der Waals surface area (Å²) in [6.07, 6.45) is 1.36. The number of hydrogen-bond donors (Lipinski definition) is 2. The third-order valence-electron chi connectivity index (χ3n) is 4.94. The summed E-state index contributed by atoms with van der Waals surface area (Å²) in [7, 11) is 0. The summed E-state index contributed by atoms with van der Waals surface area (Å²) < 4.78 is 2.33. The number of aliphatic imine (C=N–C) groups is 1. The standard InChI is InChI=1S/C20H12ClN7O2S/c21-12-4-5-15-14(7-12)17-18(31-15)16(10-2-1-3-13(6-10)28(29)30)25-20(26-17)27-19(23)11(8-22)9-24-27/h1-7,9,16H,23H2,(H,25,26). The lowest BCUT2D eigenvalue weighted by molar-refractivity contribution is -0.384. The number of nitrogens with one attached hydrogen (secondary N) is 1. The van der Waals surface area contributed by atoms with Gasteiger partial charge in [-0.1, -0.05) is 23.7 Å². The van der Waals surface area contributed by atoms with E-state index in [1.54, 1.807) is 18.2 Å². The number of nitrogen functional groups attached to an aromatic ring is 1. The third-order valence-corrected chi connectivity index (χ3v) is 6.40. The summed E-state index contributed by atoms with van der Waals surface area (Å²) in [6, 6.07) is 13.4. The van der Waals surface area contributed by atoms with Gasteiger partial charge in [0.2, 0.25) is 5.96 Å². The molecular formula is C20H12ClN7O2S. The van der Waals surface area contributed by atoms with Crippen molar-refractivity contribution in [3.8, 4) is 6.07 Å². The average Bonchev–Trinajstić information content (AvgIpc) is 3.32. The number of nitro groups is 1. The molecule has 1 aliphatic rings. The van der Waals surface area contributed by atoms with Crippen LogP contribution in [0.1, 0.15) is 22.0 Å². The lowest BCUT2D eigenvalue weighted by atomic mass is 10.0. The number of benzene rings is 2. The van der Waals surface area contributed by atoms with Crippen molar-refractivity contribution in [1.29, 1.82) is 5.26 Å². The van der Waals surface area contributed by atoms with Crippen molar-refractivity contribution in [3.05, 3.63) is 79.8 Å². The van der Waals surface area contributed by atoms with Gasteiger partial charge in [-0.15, -0.1) is 11.3 Å². The lowest BCUT2D eigenvalue weighted by Gasteiger charge is -2.23. The van der Waals surface area contributed by atoms with E-state index in [1.165, 1.54) is 34.3 Å².